The largest absolute Gasteiger partial charge is 0.337 e. The molecule has 0 aliphatic carbocycles. The van der Waals surface area contributed by atoms with Gasteiger partial charge in [0.2, 0.25) is 0 Å². The van der Waals surface area contributed by atoms with Crippen LogP contribution in [0.4, 0.5) is 9.59 Å². The van der Waals surface area contributed by atoms with Gasteiger partial charge in [0.1, 0.15) is 6.54 Å². The smallest absolute Gasteiger partial charge is 0.335 e. The highest BCUT2D eigenvalue weighted by Gasteiger charge is 2.40. The number of thiophene rings is 1. The van der Waals surface area contributed by atoms with E-state index in [0.29, 0.717) is 24.4 Å². The quantitative estimate of drug-likeness (QED) is 0.848. The van der Waals surface area contributed by atoms with Crippen molar-refractivity contribution in [1.82, 2.24) is 15.1 Å². The summed E-state index contributed by atoms with van der Waals surface area (Å²) < 4.78 is 0. The second kappa shape index (κ2) is 7.27. The molecule has 1 N–H and O–H groups in total. The summed E-state index contributed by atoms with van der Waals surface area (Å²) >= 11 is 1.60. The molecule has 1 aromatic heterocycles. The number of nitrogens with one attached hydrogen (secondary N) is 1. The van der Waals surface area contributed by atoms with Gasteiger partial charge in [0.05, 0.1) is 0 Å². The van der Waals surface area contributed by atoms with Crippen LogP contribution in [-0.4, -0.2) is 40.9 Å². The van der Waals surface area contributed by atoms with Crippen molar-refractivity contribution in [3.05, 3.63) is 58.3 Å². The summed E-state index contributed by atoms with van der Waals surface area (Å²) in [5.74, 6) is -0.496. The Kier molecular flexibility index (Phi) is 4.90. The summed E-state index contributed by atoms with van der Waals surface area (Å²) in [7, 11) is 0. The van der Waals surface area contributed by atoms with Gasteiger partial charge in [0, 0.05) is 18.0 Å². The molecule has 0 bridgehead atoms. The highest BCUT2D eigenvalue weighted by atomic mass is 32.1. The van der Waals surface area contributed by atoms with Crippen molar-refractivity contribution in [1.29, 1.82) is 0 Å². The molecule has 0 unspecified atom stereocenters. The topological polar surface area (TPSA) is 69.7 Å². The Morgan fingerprint density at radius 2 is 1.92 bits per heavy atom. The van der Waals surface area contributed by atoms with Gasteiger partial charge in [-0.15, -0.1) is 11.3 Å². The van der Waals surface area contributed by atoms with Crippen molar-refractivity contribution in [3.8, 4) is 0 Å². The molecule has 1 aliphatic rings. The Bertz CT molecular complexity index is 731. The zero-order valence-corrected chi connectivity index (χ0v) is 13.8. The van der Waals surface area contributed by atoms with Crippen molar-refractivity contribution in [2.24, 2.45) is 0 Å². The van der Waals surface area contributed by atoms with E-state index in [1.165, 1.54) is 4.90 Å². The lowest BCUT2D eigenvalue weighted by atomic mass is 10.2. The van der Waals surface area contributed by atoms with E-state index in [1.54, 1.807) is 11.3 Å². The fraction of sp³-hybridized carbons (Fsp3) is 0.235. The fourth-order valence-corrected chi connectivity index (χ4v) is 3.21. The molecule has 2 aromatic rings. The second-order valence-electron chi connectivity index (χ2n) is 5.41. The zero-order chi connectivity index (χ0) is 16.9. The number of carbonyl (C=O) groups excluding carboxylic acids is 3. The minimum Gasteiger partial charge on any atom is -0.337 e. The molecule has 3 rings (SSSR count). The van der Waals surface area contributed by atoms with E-state index in [9.17, 15) is 14.4 Å². The number of amides is 5. The lowest BCUT2D eigenvalue weighted by Gasteiger charge is -2.16. The number of carbonyl (C=O) groups is 3. The summed E-state index contributed by atoms with van der Waals surface area (Å²) in [4.78, 5) is 39.7. The van der Waals surface area contributed by atoms with Crippen molar-refractivity contribution in [2.75, 3.05) is 13.1 Å². The van der Waals surface area contributed by atoms with Crippen LogP contribution in [0, 0.1) is 0 Å². The molecule has 124 valence electrons. The van der Waals surface area contributed by atoms with Gasteiger partial charge in [-0.1, -0.05) is 36.4 Å². The third kappa shape index (κ3) is 3.62. The van der Waals surface area contributed by atoms with Crippen molar-refractivity contribution in [3.63, 3.8) is 0 Å². The highest BCUT2D eigenvalue weighted by molar-refractivity contribution is 7.09. The van der Waals surface area contributed by atoms with Crippen LogP contribution in [0.25, 0.3) is 0 Å². The van der Waals surface area contributed by atoms with Gasteiger partial charge in [0.25, 0.3) is 5.91 Å². The molecule has 24 heavy (non-hydrogen) atoms. The van der Waals surface area contributed by atoms with Gasteiger partial charge in [0.15, 0.2) is 0 Å². The van der Waals surface area contributed by atoms with Crippen LogP contribution in [-0.2, 0) is 17.8 Å². The molecule has 0 spiro atoms. The van der Waals surface area contributed by atoms with Crippen molar-refractivity contribution >= 4 is 29.3 Å². The fourth-order valence-electron chi connectivity index (χ4n) is 2.50. The molecule has 1 aliphatic heterocycles. The number of benzene rings is 1. The minimum absolute atomic E-state index is 0.0773. The van der Waals surface area contributed by atoms with Gasteiger partial charge in [-0.05, 0) is 23.4 Å². The molecule has 2 heterocycles. The number of hydrogen-bond donors (Lipinski definition) is 1. The van der Waals surface area contributed by atoms with E-state index in [-0.39, 0.29) is 6.54 Å². The first kappa shape index (κ1) is 16.2. The number of urea groups is 2. The van der Waals surface area contributed by atoms with Crippen LogP contribution in [0.5, 0.6) is 0 Å². The Morgan fingerprint density at radius 3 is 2.62 bits per heavy atom. The van der Waals surface area contributed by atoms with Gasteiger partial charge in [-0.3, -0.25) is 4.79 Å². The first-order valence-electron chi connectivity index (χ1n) is 7.61. The monoisotopic (exact) mass is 343 g/mol. The zero-order valence-electron chi connectivity index (χ0n) is 13.0. The standard InChI is InChI=1S/C17H17N3O3S/c21-15-12-19(11-13-5-2-1-3-6-13)17(23)20(15)16(22)18-9-8-14-7-4-10-24-14/h1-7,10H,8-9,11-12H2,(H,18,22). The maximum Gasteiger partial charge on any atom is 0.335 e. The molecule has 6 nitrogen and oxygen atoms in total. The maximum atomic E-state index is 12.3. The third-order valence-corrected chi connectivity index (χ3v) is 4.62. The summed E-state index contributed by atoms with van der Waals surface area (Å²) in [5, 5.41) is 4.60. The van der Waals surface area contributed by atoms with E-state index in [0.717, 1.165) is 10.4 Å². The predicted octanol–water partition coefficient (Wildman–Crippen LogP) is 2.46. The van der Waals surface area contributed by atoms with Crippen molar-refractivity contribution < 1.29 is 14.4 Å². The van der Waals surface area contributed by atoms with Crippen LogP contribution in [0.15, 0.2) is 47.8 Å². The molecule has 5 amide bonds. The van der Waals surface area contributed by atoms with Crippen LogP contribution >= 0.6 is 11.3 Å². The van der Waals surface area contributed by atoms with Gasteiger partial charge >= 0.3 is 12.1 Å². The Labute approximate surface area is 143 Å². The summed E-state index contributed by atoms with van der Waals surface area (Å²) in [6.45, 7) is 0.617. The molecular formula is C17H17N3O3S. The summed E-state index contributed by atoms with van der Waals surface area (Å²) in [6, 6.07) is 12.1. The molecule has 0 radical (unpaired) electrons. The maximum absolute atomic E-state index is 12.3. The average molecular weight is 343 g/mol. The van der Waals surface area contributed by atoms with Gasteiger partial charge in [-0.25, -0.2) is 9.59 Å². The molecule has 1 saturated heterocycles. The van der Waals surface area contributed by atoms with Gasteiger partial charge < -0.3 is 10.2 Å². The van der Waals surface area contributed by atoms with Crippen LogP contribution in [0.1, 0.15) is 10.4 Å². The predicted molar refractivity (Wildman–Crippen MR) is 90.5 cm³/mol. The van der Waals surface area contributed by atoms with E-state index in [2.05, 4.69) is 5.32 Å². The molecule has 1 fully saturated rings. The molecule has 0 atom stereocenters. The SMILES string of the molecule is O=C1CN(Cc2ccccc2)C(=O)N1C(=O)NCCc1cccs1. The number of rotatable bonds is 5. The summed E-state index contributed by atoms with van der Waals surface area (Å²) in [6.07, 6.45) is 0.674. The van der Waals surface area contributed by atoms with E-state index in [4.69, 9.17) is 0 Å². The second-order valence-corrected chi connectivity index (χ2v) is 6.45. The number of imide groups is 3. The Morgan fingerprint density at radius 1 is 1.12 bits per heavy atom. The minimum atomic E-state index is -0.655. The normalized spacial score (nSPS) is 14.3. The van der Waals surface area contributed by atoms with Crippen LogP contribution in [0.2, 0.25) is 0 Å². The number of nitrogens with zero attached hydrogens (tertiary/aromatic N) is 2. The molecule has 0 saturated carbocycles. The Balaban J connectivity index is 1.56. The summed E-state index contributed by atoms with van der Waals surface area (Å²) in [5.41, 5.74) is 0.915. The third-order valence-electron chi connectivity index (χ3n) is 3.68. The molecular weight excluding hydrogens is 326 g/mol. The van der Waals surface area contributed by atoms with E-state index in [1.807, 2.05) is 47.8 Å². The van der Waals surface area contributed by atoms with Crippen molar-refractivity contribution in [2.45, 2.75) is 13.0 Å². The average Bonchev–Trinajstić information content (AvgIpc) is 3.17. The molecule has 1 aromatic carbocycles. The Hall–Kier alpha value is -2.67. The number of hydrogen-bond acceptors (Lipinski definition) is 4. The van der Waals surface area contributed by atoms with Crippen LogP contribution in [0.3, 0.4) is 0 Å². The van der Waals surface area contributed by atoms with E-state index >= 15 is 0 Å². The van der Waals surface area contributed by atoms with Gasteiger partial charge in [-0.2, -0.15) is 4.90 Å². The first-order chi connectivity index (χ1) is 11.6. The highest BCUT2D eigenvalue weighted by Crippen LogP contribution is 2.15. The van der Waals surface area contributed by atoms with E-state index < -0.39 is 18.0 Å². The molecule has 7 heteroatoms. The lowest BCUT2D eigenvalue weighted by Crippen LogP contribution is -2.45. The van der Waals surface area contributed by atoms with Crippen LogP contribution < -0.4 is 5.32 Å². The first-order valence-corrected chi connectivity index (χ1v) is 8.49. The lowest BCUT2D eigenvalue weighted by molar-refractivity contribution is -0.123.